The van der Waals surface area contributed by atoms with Gasteiger partial charge in [0.15, 0.2) is 0 Å². The summed E-state index contributed by atoms with van der Waals surface area (Å²) in [6.07, 6.45) is 2.86. The van der Waals surface area contributed by atoms with Crippen LogP contribution < -0.4 is 10.0 Å². The topological polar surface area (TPSA) is 145 Å². The van der Waals surface area contributed by atoms with Gasteiger partial charge in [-0.25, -0.2) is 27.8 Å². The summed E-state index contributed by atoms with van der Waals surface area (Å²) in [5.41, 5.74) is 0.462. The molecular weight excluding hydrogens is 404 g/mol. The molecule has 3 rings (SSSR count). The van der Waals surface area contributed by atoms with E-state index in [9.17, 15) is 13.2 Å². The smallest absolute Gasteiger partial charge is 0.264 e. The molecule has 0 aliphatic rings. The van der Waals surface area contributed by atoms with Crippen molar-refractivity contribution >= 4 is 39.3 Å². The van der Waals surface area contributed by atoms with E-state index in [1.54, 1.807) is 20.0 Å². The van der Waals surface area contributed by atoms with Crippen molar-refractivity contribution in [3.63, 3.8) is 0 Å². The summed E-state index contributed by atoms with van der Waals surface area (Å²) in [6, 6.07) is 7.34. The molecule has 28 heavy (non-hydrogen) atoms. The SMILES string of the molecule is CC(Sc1nnnn1C)C(=O)Nc1ccc(S(=O)(=O)Nc2ncccn2)cc1. The molecule has 1 unspecified atom stereocenters. The van der Waals surface area contributed by atoms with Gasteiger partial charge >= 0.3 is 0 Å². The molecule has 0 spiro atoms. The fourth-order valence-corrected chi connectivity index (χ4v) is 3.74. The molecule has 1 aromatic carbocycles. The van der Waals surface area contributed by atoms with Gasteiger partial charge in [0.1, 0.15) is 0 Å². The first-order chi connectivity index (χ1) is 13.3. The Morgan fingerprint density at radius 3 is 2.46 bits per heavy atom. The lowest BCUT2D eigenvalue weighted by Gasteiger charge is -2.11. The third-order valence-corrected chi connectivity index (χ3v) is 5.92. The lowest BCUT2D eigenvalue weighted by atomic mass is 10.3. The van der Waals surface area contributed by atoms with Crippen molar-refractivity contribution in [2.75, 3.05) is 10.0 Å². The van der Waals surface area contributed by atoms with E-state index in [-0.39, 0.29) is 16.8 Å². The van der Waals surface area contributed by atoms with Crippen LogP contribution in [0.4, 0.5) is 11.6 Å². The second kappa shape index (κ2) is 8.31. The normalized spacial score (nSPS) is 12.4. The lowest BCUT2D eigenvalue weighted by Crippen LogP contribution is -2.23. The fraction of sp³-hybridized carbons (Fsp3) is 0.200. The number of carbonyl (C=O) groups is 1. The van der Waals surface area contributed by atoms with Gasteiger partial charge in [0, 0.05) is 25.1 Å². The number of hydrogen-bond acceptors (Lipinski definition) is 9. The number of tetrazole rings is 1. The molecule has 0 aliphatic heterocycles. The number of thioether (sulfide) groups is 1. The third-order valence-electron chi connectivity index (χ3n) is 3.46. The maximum Gasteiger partial charge on any atom is 0.264 e. The standard InChI is InChI=1S/C15H16N8O3S2/c1-10(27-15-19-21-22-23(15)2)13(24)18-11-4-6-12(7-5-11)28(25,26)20-14-16-8-3-9-17-14/h3-10H,1-2H3,(H,18,24)(H,16,17,20). The first kappa shape index (κ1) is 19.7. The summed E-state index contributed by atoms with van der Waals surface area (Å²) in [6.45, 7) is 1.72. The highest BCUT2D eigenvalue weighted by Gasteiger charge is 2.19. The predicted molar refractivity (Wildman–Crippen MR) is 102 cm³/mol. The maximum absolute atomic E-state index is 12.4. The van der Waals surface area contributed by atoms with Crippen LogP contribution in [-0.4, -0.2) is 49.8 Å². The Balaban J connectivity index is 1.63. The van der Waals surface area contributed by atoms with E-state index in [1.807, 2.05) is 0 Å². The Morgan fingerprint density at radius 1 is 1.18 bits per heavy atom. The van der Waals surface area contributed by atoms with Gasteiger partial charge in [-0.2, -0.15) is 0 Å². The molecule has 2 aromatic heterocycles. The molecule has 0 aliphatic carbocycles. The predicted octanol–water partition coefficient (Wildman–Crippen LogP) is 0.920. The number of carbonyl (C=O) groups excluding carboxylic acids is 1. The first-order valence-corrected chi connectivity index (χ1v) is 10.3. The van der Waals surface area contributed by atoms with Crippen molar-refractivity contribution in [1.29, 1.82) is 0 Å². The van der Waals surface area contributed by atoms with E-state index in [0.29, 0.717) is 10.8 Å². The van der Waals surface area contributed by atoms with Crippen molar-refractivity contribution in [1.82, 2.24) is 30.2 Å². The van der Waals surface area contributed by atoms with Crippen LogP contribution >= 0.6 is 11.8 Å². The second-order valence-corrected chi connectivity index (χ2v) is 8.53. The molecule has 3 aromatic rings. The van der Waals surface area contributed by atoms with Crippen LogP contribution in [0.2, 0.25) is 0 Å². The molecule has 2 heterocycles. The van der Waals surface area contributed by atoms with E-state index < -0.39 is 15.3 Å². The number of nitrogens with one attached hydrogen (secondary N) is 2. The number of sulfonamides is 1. The van der Waals surface area contributed by atoms with E-state index in [0.717, 1.165) is 0 Å². The molecule has 13 heteroatoms. The van der Waals surface area contributed by atoms with Gasteiger partial charge in [0.05, 0.1) is 10.1 Å². The summed E-state index contributed by atoms with van der Waals surface area (Å²) < 4.78 is 28.5. The minimum absolute atomic E-state index is 0.0190. The van der Waals surface area contributed by atoms with Gasteiger partial charge in [0.2, 0.25) is 17.0 Å². The molecule has 2 N–H and O–H groups in total. The van der Waals surface area contributed by atoms with Crippen molar-refractivity contribution in [3.8, 4) is 0 Å². The Hall–Kier alpha value is -3.06. The molecule has 11 nitrogen and oxygen atoms in total. The summed E-state index contributed by atoms with van der Waals surface area (Å²) >= 11 is 1.21. The second-order valence-electron chi connectivity index (χ2n) is 5.54. The van der Waals surface area contributed by atoms with Gasteiger partial charge in [-0.05, 0) is 47.7 Å². The van der Waals surface area contributed by atoms with Crippen LogP contribution in [0.5, 0.6) is 0 Å². The average Bonchev–Trinajstić information content (AvgIpc) is 3.07. The number of nitrogens with zero attached hydrogens (tertiary/aromatic N) is 6. The van der Waals surface area contributed by atoms with Crippen LogP contribution in [0, 0.1) is 0 Å². The molecule has 1 amide bonds. The van der Waals surface area contributed by atoms with E-state index in [1.165, 1.54) is 53.1 Å². The first-order valence-electron chi connectivity index (χ1n) is 7.95. The zero-order chi connectivity index (χ0) is 20.1. The Morgan fingerprint density at radius 2 is 1.86 bits per heavy atom. The zero-order valence-electron chi connectivity index (χ0n) is 14.8. The van der Waals surface area contributed by atoms with E-state index in [2.05, 4.69) is 35.5 Å². The molecular formula is C15H16N8O3S2. The van der Waals surface area contributed by atoms with Crippen LogP contribution in [0.15, 0.2) is 52.8 Å². The zero-order valence-corrected chi connectivity index (χ0v) is 16.5. The van der Waals surface area contributed by atoms with Crippen LogP contribution in [-0.2, 0) is 21.9 Å². The minimum Gasteiger partial charge on any atom is -0.325 e. The molecule has 0 bridgehead atoms. The molecule has 0 fully saturated rings. The van der Waals surface area contributed by atoms with Crippen molar-refractivity contribution in [3.05, 3.63) is 42.7 Å². The van der Waals surface area contributed by atoms with Crippen LogP contribution in [0.1, 0.15) is 6.92 Å². The summed E-state index contributed by atoms with van der Waals surface area (Å²) in [5.74, 6) is -0.289. The molecule has 0 saturated carbocycles. The van der Waals surface area contributed by atoms with Gasteiger partial charge in [-0.1, -0.05) is 11.8 Å². The van der Waals surface area contributed by atoms with E-state index in [4.69, 9.17) is 0 Å². The van der Waals surface area contributed by atoms with Gasteiger partial charge in [-0.15, -0.1) is 5.10 Å². The van der Waals surface area contributed by atoms with E-state index >= 15 is 0 Å². The number of amides is 1. The van der Waals surface area contributed by atoms with Gasteiger partial charge in [0.25, 0.3) is 10.0 Å². The monoisotopic (exact) mass is 420 g/mol. The minimum atomic E-state index is -3.83. The number of aryl methyl sites for hydroxylation is 1. The van der Waals surface area contributed by atoms with Gasteiger partial charge < -0.3 is 5.32 Å². The number of rotatable bonds is 7. The Bertz CT molecular complexity index is 1050. The van der Waals surface area contributed by atoms with Crippen molar-refractivity contribution in [2.24, 2.45) is 7.05 Å². The largest absolute Gasteiger partial charge is 0.325 e. The van der Waals surface area contributed by atoms with Crippen LogP contribution in [0.3, 0.4) is 0 Å². The van der Waals surface area contributed by atoms with Gasteiger partial charge in [-0.3, -0.25) is 4.79 Å². The number of hydrogen-bond donors (Lipinski definition) is 2. The third kappa shape index (κ3) is 4.80. The number of anilines is 2. The van der Waals surface area contributed by atoms with Crippen molar-refractivity contribution < 1.29 is 13.2 Å². The lowest BCUT2D eigenvalue weighted by molar-refractivity contribution is -0.115. The fourth-order valence-electron chi connectivity index (χ4n) is 2.02. The highest BCUT2D eigenvalue weighted by molar-refractivity contribution is 8.00. The molecule has 1 atom stereocenters. The van der Waals surface area contributed by atoms with Crippen LogP contribution in [0.25, 0.3) is 0 Å². The number of aromatic nitrogens is 6. The average molecular weight is 420 g/mol. The quantitative estimate of drug-likeness (QED) is 0.533. The highest BCUT2D eigenvalue weighted by atomic mass is 32.2. The summed E-state index contributed by atoms with van der Waals surface area (Å²) in [7, 11) is -2.15. The van der Waals surface area contributed by atoms with Crippen molar-refractivity contribution in [2.45, 2.75) is 22.2 Å². The molecule has 146 valence electrons. The summed E-state index contributed by atoms with van der Waals surface area (Å²) in [4.78, 5) is 20.0. The Labute approximate surface area is 165 Å². The molecule has 0 radical (unpaired) electrons. The molecule has 0 saturated heterocycles. The summed E-state index contributed by atoms with van der Waals surface area (Å²) in [5, 5.41) is 13.8. The number of benzene rings is 1. The highest BCUT2D eigenvalue weighted by Crippen LogP contribution is 2.21. The maximum atomic E-state index is 12.4. The Kier molecular flexibility index (Phi) is 5.84.